The van der Waals surface area contributed by atoms with Crippen molar-refractivity contribution in [1.29, 1.82) is 5.26 Å². The molecule has 5 atom stereocenters. The van der Waals surface area contributed by atoms with Crippen LogP contribution in [-0.2, 0) is 19.7 Å². The van der Waals surface area contributed by atoms with Gasteiger partial charge in [-0.25, -0.2) is 0 Å². The van der Waals surface area contributed by atoms with Crippen LogP contribution in [0.5, 0.6) is 0 Å². The fourth-order valence-electron chi connectivity index (χ4n) is 7.05. The molecule has 0 spiro atoms. The van der Waals surface area contributed by atoms with Gasteiger partial charge in [-0.15, -0.1) is 6.58 Å². The molecule has 0 N–H and O–H groups in total. The standard InChI is InChI=1S/C35H54N2O3Si2/c1-16-34(11)28(39-41(12,13)31(3,4)5)20-25-30(40-42(14,15)32(6,7)8)35(34,22-36)24-18-17-19-27-29(24)26(33(25,9)10)21-37(27)23(2)38/h16-19,21,25,28,30H,1,20H2,2-15H3/t25-,28-,30+,34+,35-/m0/s1. The van der Waals surface area contributed by atoms with Crippen LogP contribution in [-0.4, -0.2) is 39.3 Å². The summed E-state index contributed by atoms with van der Waals surface area (Å²) in [6.07, 6.45) is 4.15. The Hall–Kier alpha value is -1.99. The summed E-state index contributed by atoms with van der Waals surface area (Å²) in [5.41, 5.74) is 0.634. The largest absolute Gasteiger partial charge is 0.413 e. The van der Waals surface area contributed by atoms with E-state index in [1.165, 1.54) is 0 Å². The van der Waals surface area contributed by atoms with Crippen LogP contribution in [0.3, 0.4) is 0 Å². The minimum Gasteiger partial charge on any atom is -0.413 e. The smallest absolute Gasteiger partial charge is 0.227 e. The second-order valence-corrected chi connectivity index (χ2v) is 26.3. The van der Waals surface area contributed by atoms with Gasteiger partial charge in [-0.3, -0.25) is 9.36 Å². The van der Waals surface area contributed by atoms with E-state index in [9.17, 15) is 10.1 Å². The predicted octanol–water partition coefficient (Wildman–Crippen LogP) is 9.35. The van der Waals surface area contributed by atoms with Gasteiger partial charge in [0.05, 0.1) is 23.8 Å². The maximum absolute atomic E-state index is 12.9. The quantitative estimate of drug-likeness (QED) is 0.251. The van der Waals surface area contributed by atoms with E-state index in [1.54, 1.807) is 11.5 Å². The molecule has 1 fully saturated rings. The summed E-state index contributed by atoms with van der Waals surface area (Å²) in [6, 6.07) is 9.07. The Bertz CT molecular complexity index is 1470. The van der Waals surface area contributed by atoms with Crippen molar-refractivity contribution in [3.8, 4) is 6.07 Å². The summed E-state index contributed by atoms with van der Waals surface area (Å²) in [7, 11) is -4.59. The van der Waals surface area contributed by atoms with Gasteiger partial charge < -0.3 is 8.85 Å². The van der Waals surface area contributed by atoms with Crippen LogP contribution in [0.25, 0.3) is 10.9 Å². The predicted molar refractivity (Wildman–Crippen MR) is 179 cm³/mol. The van der Waals surface area contributed by atoms with E-state index in [0.717, 1.165) is 28.5 Å². The number of fused-ring (bicyclic) bond motifs is 3. The van der Waals surface area contributed by atoms with Crippen LogP contribution in [0.15, 0.2) is 37.1 Å². The van der Waals surface area contributed by atoms with Gasteiger partial charge >= 0.3 is 0 Å². The van der Waals surface area contributed by atoms with Gasteiger partial charge in [-0.1, -0.05) is 80.5 Å². The van der Waals surface area contributed by atoms with Gasteiger partial charge in [-0.05, 0) is 71.2 Å². The van der Waals surface area contributed by atoms with E-state index < -0.39 is 32.9 Å². The molecule has 0 unspecified atom stereocenters. The normalized spacial score (nSPS) is 29.6. The summed E-state index contributed by atoms with van der Waals surface area (Å²) in [4.78, 5) is 12.9. The molecule has 230 valence electrons. The van der Waals surface area contributed by atoms with Crippen LogP contribution in [0.4, 0.5) is 0 Å². The summed E-state index contributed by atoms with van der Waals surface area (Å²) in [6.45, 7) is 35.5. The minimum absolute atomic E-state index is 0.00757. The number of nitrogens with zero attached hydrogens (tertiary/aromatic N) is 2. The monoisotopic (exact) mass is 606 g/mol. The van der Waals surface area contributed by atoms with E-state index >= 15 is 0 Å². The number of carbonyl (C=O) groups excluding carboxylic acids is 1. The molecule has 0 saturated heterocycles. The fraction of sp³-hybridized carbons (Fsp3) is 0.657. The first kappa shape index (κ1) is 32.9. The molecule has 1 aromatic heterocycles. The zero-order valence-corrected chi connectivity index (χ0v) is 30.7. The van der Waals surface area contributed by atoms with Gasteiger partial charge in [0.15, 0.2) is 16.6 Å². The van der Waals surface area contributed by atoms with Crippen molar-refractivity contribution in [1.82, 2.24) is 4.57 Å². The Morgan fingerprint density at radius 2 is 1.57 bits per heavy atom. The second-order valence-electron chi connectivity index (χ2n) is 16.8. The molecule has 0 amide bonds. The van der Waals surface area contributed by atoms with Gasteiger partial charge in [0.25, 0.3) is 0 Å². The number of nitriles is 1. The Labute approximate surface area is 256 Å². The summed E-state index contributed by atoms with van der Waals surface area (Å²) >= 11 is 0. The molecule has 2 aromatic rings. The minimum atomic E-state index is -2.35. The Morgan fingerprint density at radius 1 is 1.02 bits per heavy atom. The van der Waals surface area contributed by atoms with Crippen molar-refractivity contribution in [2.24, 2.45) is 11.3 Å². The Morgan fingerprint density at radius 3 is 2.05 bits per heavy atom. The molecule has 0 aliphatic heterocycles. The maximum atomic E-state index is 12.9. The zero-order valence-electron chi connectivity index (χ0n) is 28.7. The van der Waals surface area contributed by atoms with Crippen LogP contribution in [0, 0.1) is 22.7 Å². The van der Waals surface area contributed by atoms with Crippen molar-refractivity contribution in [2.45, 2.75) is 135 Å². The van der Waals surface area contributed by atoms with E-state index in [4.69, 9.17) is 8.85 Å². The van der Waals surface area contributed by atoms with Crippen molar-refractivity contribution >= 4 is 33.4 Å². The molecule has 1 heterocycles. The number of benzene rings is 1. The molecule has 2 aliphatic rings. The SMILES string of the molecule is C=C[C@]1(C)[C@@H](O[Si](C)(C)C(C)(C)C)C[C@H]2[C@@H](O[Si](C)(C)C(C)(C)C)[C@]1(C#N)c1cccc3c1c(cn3C(C)=O)C2(C)C. The molecule has 1 saturated carbocycles. The molecule has 4 rings (SSSR count). The number of rotatable bonds is 5. The van der Waals surface area contributed by atoms with Crippen LogP contribution < -0.4 is 0 Å². The molecular formula is C35H54N2O3Si2. The number of hydrogen-bond donors (Lipinski definition) is 0. The first-order valence-electron chi connectivity index (χ1n) is 15.5. The summed E-state index contributed by atoms with van der Waals surface area (Å²) in [5.74, 6) is -0.0666. The highest BCUT2D eigenvalue weighted by Gasteiger charge is 2.69. The average Bonchev–Trinajstić information content (AvgIpc) is 3.24. The van der Waals surface area contributed by atoms with Crippen molar-refractivity contribution in [2.75, 3.05) is 0 Å². The van der Waals surface area contributed by atoms with Crippen molar-refractivity contribution in [3.05, 3.63) is 48.2 Å². The van der Waals surface area contributed by atoms with Crippen LogP contribution in [0.1, 0.15) is 91.6 Å². The van der Waals surface area contributed by atoms with Gasteiger partial charge in [-0.2, -0.15) is 5.26 Å². The average molecular weight is 607 g/mol. The molecule has 1 aromatic carbocycles. The number of aromatic nitrogens is 1. The Balaban J connectivity index is 2.18. The van der Waals surface area contributed by atoms with Gasteiger partial charge in [0.1, 0.15) is 5.41 Å². The van der Waals surface area contributed by atoms with Crippen LogP contribution >= 0.6 is 0 Å². The second kappa shape index (κ2) is 9.76. The van der Waals surface area contributed by atoms with Gasteiger partial charge in [0, 0.05) is 23.9 Å². The Kier molecular flexibility index (Phi) is 7.65. The third-order valence-electron chi connectivity index (χ3n) is 12.1. The molecule has 7 heteroatoms. The lowest BCUT2D eigenvalue weighted by Crippen LogP contribution is -2.68. The molecule has 42 heavy (non-hydrogen) atoms. The fourth-order valence-corrected chi connectivity index (χ4v) is 9.78. The van der Waals surface area contributed by atoms with E-state index in [-0.39, 0.29) is 34.1 Å². The van der Waals surface area contributed by atoms with Crippen LogP contribution in [0.2, 0.25) is 36.3 Å². The molecule has 5 nitrogen and oxygen atoms in total. The summed E-state index contributed by atoms with van der Waals surface area (Å²) in [5, 5.41) is 12.7. The van der Waals surface area contributed by atoms with Crippen molar-refractivity contribution < 1.29 is 13.6 Å². The lowest BCUT2D eigenvalue weighted by atomic mass is 9.48. The summed E-state index contributed by atoms with van der Waals surface area (Å²) < 4.78 is 16.6. The number of hydrogen-bond acceptors (Lipinski definition) is 4. The molecule has 0 radical (unpaired) electrons. The first-order chi connectivity index (χ1) is 18.9. The van der Waals surface area contributed by atoms with E-state index in [2.05, 4.69) is 107 Å². The maximum Gasteiger partial charge on any atom is 0.227 e. The highest BCUT2D eigenvalue weighted by Crippen LogP contribution is 2.65. The highest BCUT2D eigenvalue weighted by atomic mass is 28.4. The molecular weight excluding hydrogens is 553 g/mol. The first-order valence-corrected chi connectivity index (χ1v) is 21.3. The molecule has 2 bridgehead atoms. The van der Waals surface area contributed by atoms with E-state index in [0.29, 0.717) is 0 Å². The lowest BCUT2D eigenvalue weighted by Gasteiger charge is -2.61. The molecule has 2 aliphatic carbocycles. The zero-order chi connectivity index (χ0) is 32.1. The third kappa shape index (κ3) is 4.38. The van der Waals surface area contributed by atoms with Crippen molar-refractivity contribution in [3.63, 3.8) is 0 Å². The third-order valence-corrected chi connectivity index (χ3v) is 21.0. The lowest BCUT2D eigenvalue weighted by molar-refractivity contribution is -0.109. The highest BCUT2D eigenvalue weighted by molar-refractivity contribution is 6.74. The van der Waals surface area contributed by atoms with E-state index in [1.807, 2.05) is 24.4 Å². The van der Waals surface area contributed by atoms with Gasteiger partial charge in [0.2, 0.25) is 5.91 Å². The topological polar surface area (TPSA) is 64.2 Å². The number of carbonyl (C=O) groups is 1.